The van der Waals surface area contributed by atoms with E-state index in [0.717, 1.165) is 50.3 Å². The number of benzene rings is 3. The van der Waals surface area contributed by atoms with Crippen LogP contribution in [0.4, 0.5) is 0 Å². The Labute approximate surface area is 220 Å². The quantitative estimate of drug-likeness (QED) is 0.500. The van der Waals surface area contributed by atoms with E-state index < -0.39 is 0 Å². The van der Waals surface area contributed by atoms with Gasteiger partial charge in [0, 0.05) is 38.8 Å². The number of carbonyl (C=O) groups excluding carboxylic acids is 1. The van der Waals surface area contributed by atoms with Crippen molar-refractivity contribution in [2.75, 3.05) is 27.3 Å². The van der Waals surface area contributed by atoms with Crippen LogP contribution in [-0.2, 0) is 30.8 Å². The highest BCUT2D eigenvalue weighted by Crippen LogP contribution is 2.34. The molecule has 6 heteroatoms. The first-order valence-corrected chi connectivity index (χ1v) is 13.1. The van der Waals surface area contributed by atoms with Gasteiger partial charge < -0.3 is 19.7 Å². The molecule has 37 heavy (non-hydrogen) atoms. The van der Waals surface area contributed by atoms with E-state index in [2.05, 4.69) is 71.7 Å². The van der Waals surface area contributed by atoms with Crippen molar-refractivity contribution in [1.29, 1.82) is 0 Å². The lowest BCUT2D eigenvalue weighted by Crippen LogP contribution is -2.47. The van der Waals surface area contributed by atoms with Crippen molar-refractivity contribution in [2.45, 2.75) is 51.5 Å². The van der Waals surface area contributed by atoms with Gasteiger partial charge in [-0.05, 0) is 59.7 Å². The first-order valence-electron chi connectivity index (χ1n) is 13.1. The van der Waals surface area contributed by atoms with E-state index >= 15 is 0 Å². The fourth-order valence-corrected chi connectivity index (χ4v) is 5.65. The SMILES string of the molecule is COc1cc2c(cc1OC)CN(C(=O)[C@@H]1C[C@H](NCc3ccccc3C)CN1Cc1ccccc1)CC2. The Bertz CT molecular complexity index is 1230. The molecule has 0 bridgehead atoms. The number of nitrogens with zero attached hydrogens (tertiary/aromatic N) is 2. The van der Waals surface area contributed by atoms with E-state index in [9.17, 15) is 4.79 Å². The minimum absolute atomic E-state index is 0.142. The highest BCUT2D eigenvalue weighted by Gasteiger charge is 2.39. The summed E-state index contributed by atoms with van der Waals surface area (Å²) in [6.45, 7) is 5.92. The lowest BCUT2D eigenvalue weighted by Gasteiger charge is -2.34. The molecule has 0 unspecified atom stereocenters. The number of hydrogen-bond acceptors (Lipinski definition) is 5. The third-order valence-electron chi connectivity index (χ3n) is 7.79. The minimum Gasteiger partial charge on any atom is -0.493 e. The number of fused-ring (bicyclic) bond motifs is 1. The lowest BCUT2D eigenvalue weighted by molar-refractivity contribution is -0.137. The molecule has 6 nitrogen and oxygen atoms in total. The number of carbonyl (C=O) groups is 1. The summed E-state index contributed by atoms with van der Waals surface area (Å²) in [5, 5.41) is 3.74. The van der Waals surface area contributed by atoms with Gasteiger partial charge in [0.05, 0.1) is 20.3 Å². The number of rotatable bonds is 8. The van der Waals surface area contributed by atoms with Gasteiger partial charge >= 0.3 is 0 Å². The second-order valence-electron chi connectivity index (χ2n) is 10.2. The van der Waals surface area contributed by atoms with Crippen LogP contribution in [0.3, 0.4) is 0 Å². The predicted molar refractivity (Wildman–Crippen MR) is 146 cm³/mol. The van der Waals surface area contributed by atoms with Crippen LogP contribution < -0.4 is 14.8 Å². The van der Waals surface area contributed by atoms with Crippen LogP contribution in [0.1, 0.15) is 34.2 Å². The van der Waals surface area contributed by atoms with Crippen LogP contribution in [-0.4, -0.2) is 55.1 Å². The van der Waals surface area contributed by atoms with Crippen molar-refractivity contribution >= 4 is 5.91 Å². The molecular weight excluding hydrogens is 462 g/mol. The number of methoxy groups -OCH3 is 2. The van der Waals surface area contributed by atoms with Crippen LogP contribution in [0.15, 0.2) is 66.7 Å². The molecule has 5 rings (SSSR count). The summed E-state index contributed by atoms with van der Waals surface area (Å²) < 4.78 is 11.0. The van der Waals surface area contributed by atoms with Crippen LogP contribution in [0.25, 0.3) is 0 Å². The van der Waals surface area contributed by atoms with Crippen molar-refractivity contribution < 1.29 is 14.3 Å². The Morgan fingerprint density at radius 3 is 2.41 bits per heavy atom. The topological polar surface area (TPSA) is 54.0 Å². The van der Waals surface area contributed by atoms with Gasteiger partial charge in [-0.1, -0.05) is 54.6 Å². The fourth-order valence-electron chi connectivity index (χ4n) is 5.65. The number of aryl methyl sites for hydroxylation is 1. The smallest absolute Gasteiger partial charge is 0.240 e. The molecule has 0 aromatic heterocycles. The summed E-state index contributed by atoms with van der Waals surface area (Å²) in [5.74, 6) is 1.67. The standard InChI is InChI=1S/C31H37N3O3/c1-22-9-7-8-12-25(22)18-32-27-17-28(34(21-27)19-23-10-5-4-6-11-23)31(35)33-14-13-24-15-29(36-2)30(37-3)16-26(24)20-33/h4-12,15-16,27-28,32H,13-14,17-21H2,1-3H3/t27-,28-/m0/s1. The summed E-state index contributed by atoms with van der Waals surface area (Å²) in [4.78, 5) is 18.3. The van der Waals surface area contributed by atoms with Gasteiger partial charge in [0.1, 0.15) is 0 Å². The van der Waals surface area contributed by atoms with Crippen molar-refractivity contribution in [3.05, 3.63) is 94.5 Å². The van der Waals surface area contributed by atoms with Gasteiger partial charge in [-0.25, -0.2) is 0 Å². The average molecular weight is 500 g/mol. The molecule has 2 heterocycles. The molecule has 1 amide bonds. The van der Waals surface area contributed by atoms with Crippen LogP contribution >= 0.6 is 0 Å². The van der Waals surface area contributed by atoms with Gasteiger partial charge in [-0.15, -0.1) is 0 Å². The zero-order valence-corrected chi connectivity index (χ0v) is 22.1. The largest absolute Gasteiger partial charge is 0.493 e. The van der Waals surface area contributed by atoms with Gasteiger partial charge in [-0.2, -0.15) is 0 Å². The van der Waals surface area contributed by atoms with Crippen molar-refractivity contribution in [3.8, 4) is 11.5 Å². The van der Waals surface area contributed by atoms with Crippen molar-refractivity contribution in [1.82, 2.24) is 15.1 Å². The maximum atomic E-state index is 14.0. The molecule has 1 fully saturated rings. The summed E-state index contributed by atoms with van der Waals surface area (Å²) in [6, 6.07) is 23.2. The molecule has 0 aliphatic carbocycles. The van der Waals surface area contributed by atoms with Crippen LogP contribution in [0.2, 0.25) is 0 Å². The lowest BCUT2D eigenvalue weighted by atomic mass is 9.97. The zero-order chi connectivity index (χ0) is 25.8. The Kier molecular flexibility index (Phi) is 7.77. The Morgan fingerprint density at radius 1 is 0.973 bits per heavy atom. The number of hydrogen-bond donors (Lipinski definition) is 1. The molecule has 2 aliphatic heterocycles. The van der Waals surface area contributed by atoms with Gasteiger partial charge in [0.2, 0.25) is 5.91 Å². The Balaban J connectivity index is 1.32. The van der Waals surface area contributed by atoms with Crippen LogP contribution in [0.5, 0.6) is 11.5 Å². The van der Waals surface area contributed by atoms with Gasteiger partial charge in [0.15, 0.2) is 11.5 Å². The molecule has 3 aromatic carbocycles. The minimum atomic E-state index is -0.142. The van der Waals surface area contributed by atoms with Gasteiger partial charge in [0.25, 0.3) is 0 Å². The number of nitrogens with one attached hydrogen (secondary N) is 1. The number of likely N-dealkylation sites (tertiary alicyclic amines) is 1. The summed E-state index contributed by atoms with van der Waals surface area (Å²) in [5.41, 5.74) is 6.21. The molecule has 2 aliphatic rings. The number of amides is 1. The Morgan fingerprint density at radius 2 is 1.68 bits per heavy atom. The molecule has 0 saturated carbocycles. The molecule has 0 spiro atoms. The zero-order valence-electron chi connectivity index (χ0n) is 22.1. The molecule has 194 valence electrons. The monoisotopic (exact) mass is 499 g/mol. The van der Waals surface area contributed by atoms with Crippen molar-refractivity contribution in [3.63, 3.8) is 0 Å². The Hall–Kier alpha value is -3.35. The highest BCUT2D eigenvalue weighted by atomic mass is 16.5. The first kappa shape index (κ1) is 25.3. The highest BCUT2D eigenvalue weighted by molar-refractivity contribution is 5.82. The average Bonchev–Trinajstić information content (AvgIpc) is 3.33. The predicted octanol–water partition coefficient (Wildman–Crippen LogP) is 4.33. The first-order chi connectivity index (χ1) is 18.1. The fraction of sp³-hybridized carbons (Fsp3) is 0.387. The van der Waals surface area contributed by atoms with E-state index in [1.54, 1.807) is 14.2 Å². The maximum absolute atomic E-state index is 14.0. The molecule has 3 aromatic rings. The van der Waals surface area contributed by atoms with Crippen LogP contribution in [0, 0.1) is 6.92 Å². The number of ether oxygens (including phenoxy) is 2. The molecule has 2 atom stereocenters. The van der Waals surface area contributed by atoms with E-state index in [0.29, 0.717) is 12.3 Å². The maximum Gasteiger partial charge on any atom is 0.240 e. The molecule has 1 saturated heterocycles. The van der Waals surface area contributed by atoms with Gasteiger partial charge in [-0.3, -0.25) is 9.69 Å². The van der Waals surface area contributed by atoms with E-state index in [1.807, 2.05) is 17.0 Å². The summed E-state index contributed by atoms with van der Waals surface area (Å²) in [6.07, 6.45) is 1.63. The van der Waals surface area contributed by atoms with E-state index in [1.165, 1.54) is 22.3 Å². The second kappa shape index (κ2) is 11.4. The summed E-state index contributed by atoms with van der Waals surface area (Å²) >= 11 is 0. The molecule has 0 radical (unpaired) electrons. The second-order valence-corrected chi connectivity index (χ2v) is 10.2. The third-order valence-corrected chi connectivity index (χ3v) is 7.79. The van der Waals surface area contributed by atoms with E-state index in [-0.39, 0.29) is 18.0 Å². The third kappa shape index (κ3) is 5.65. The molecule has 1 N–H and O–H groups in total. The normalized spacial score (nSPS) is 19.5. The molecular formula is C31H37N3O3. The van der Waals surface area contributed by atoms with Crippen molar-refractivity contribution in [2.24, 2.45) is 0 Å². The van der Waals surface area contributed by atoms with E-state index in [4.69, 9.17) is 9.47 Å². The summed E-state index contributed by atoms with van der Waals surface area (Å²) in [7, 11) is 3.31.